The summed E-state index contributed by atoms with van der Waals surface area (Å²) in [7, 11) is 0. The minimum Gasteiger partial charge on any atom is -0.382 e. The summed E-state index contributed by atoms with van der Waals surface area (Å²) in [5, 5.41) is 3.31. The molecule has 0 amide bonds. The fourth-order valence-electron chi connectivity index (χ4n) is 3.92. The molecule has 3 N–H and O–H groups in total. The van der Waals surface area contributed by atoms with Crippen LogP contribution in [0.2, 0.25) is 0 Å². The van der Waals surface area contributed by atoms with E-state index in [2.05, 4.69) is 55.8 Å². The number of nitrogens with two attached hydrogens (primary N) is 1. The van der Waals surface area contributed by atoms with Crippen molar-refractivity contribution in [2.45, 2.75) is 45.6 Å². The lowest BCUT2D eigenvalue weighted by Crippen LogP contribution is -2.15. The number of Topliss-reactive ketones (excluding diaryl/α,β-unsaturated/α-hetero) is 1. The Morgan fingerprint density at radius 3 is 2.87 bits per heavy atom. The monoisotopic (exact) mass is 522 g/mol. The SMILES string of the molecule is CCNCCCCn1c(Cc2cc3c(cc2I)CCC3=O)nc2c(N)nc(F)nc21. The van der Waals surface area contributed by atoms with Crippen molar-refractivity contribution in [3.8, 4) is 0 Å². The van der Waals surface area contributed by atoms with Crippen LogP contribution >= 0.6 is 22.6 Å². The minimum absolute atomic E-state index is 0.0453. The molecule has 0 aliphatic heterocycles. The van der Waals surface area contributed by atoms with Gasteiger partial charge in [-0.1, -0.05) is 6.92 Å². The summed E-state index contributed by atoms with van der Waals surface area (Å²) in [5.74, 6) is 0.990. The van der Waals surface area contributed by atoms with Crippen LogP contribution in [0.1, 0.15) is 53.5 Å². The van der Waals surface area contributed by atoms with E-state index in [-0.39, 0.29) is 11.6 Å². The van der Waals surface area contributed by atoms with Crippen molar-refractivity contribution in [3.63, 3.8) is 0 Å². The number of nitrogens with one attached hydrogen (secondary N) is 1. The predicted molar refractivity (Wildman–Crippen MR) is 122 cm³/mol. The standard InChI is InChI=1S/C21H24FIN6O/c1-2-25-7-3-4-8-29-17(26-18-19(24)27-21(22)28-20(18)29)11-13-9-14-12(10-15(13)23)5-6-16(14)30/h9-10,25H,2-8,11H2,1H3,(H2,24,27,28). The maximum atomic E-state index is 13.9. The number of anilines is 1. The number of imidazole rings is 1. The van der Waals surface area contributed by atoms with Crippen molar-refractivity contribution >= 4 is 45.4 Å². The van der Waals surface area contributed by atoms with Gasteiger partial charge in [-0.05, 0) is 78.2 Å². The summed E-state index contributed by atoms with van der Waals surface area (Å²) in [6.07, 6.45) is 2.93. The zero-order valence-corrected chi connectivity index (χ0v) is 19.0. The summed E-state index contributed by atoms with van der Waals surface area (Å²) in [6.45, 7) is 4.60. The lowest BCUT2D eigenvalue weighted by atomic mass is 10.0. The lowest BCUT2D eigenvalue weighted by Gasteiger charge is -2.11. The van der Waals surface area contributed by atoms with E-state index >= 15 is 0 Å². The summed E-state index contributed by atoms with van der Waals surface area (Å²) < 4.78 is 16.9. The number of unbranched alkanes of at least 4 members (excludes halogenated alkanes) is 1. The van der Waals surface area contributed by atoms with E-state index in [1.54, 1.807) is 0 Å². The quantitative estimate of drug-likeness (QED) is 0.268. The van der Waals surface area contributed by atoms with E-state index in [4.69, 9.17) is 5.73 Å². The fraction of sp³-hybridized carbons (Fsp3) is 0.429. The van der Waals surface area contributed by atoms with Crippen molar-refractivity contribution in [2.75, 3.05) is 18.8 Å². The Bertz CT molecular complexity index is 1110. The molecule has 0 saturated heterocycles. The van der Waals surface area contributed by atoms with Gasteiger partial charge in [-0.3, -0.25) is 4.79 Å². The highest BCUT2D eigenvalue weighted by Gasteiger charge is 2.23. The van der Waals surface area contributed by atoms with Gasteiger partial charge in [0, 0.05) is 28.5 Å². The average molecular weight is 522 g/mol. The van der Waals surface area contributed by atoms with E-state index < -0.39 is 6.08 Å². The van der Waals surface area contributed by atoms with Crippen LogP contribution in [0, 0.1) is 9.65 Å². The highest BCUT2D eigenvalue weighted by molar-refractivity contribution is 14.1. The molecular weight excluding hydrogens is 498 g/mol. The first-order valence-electron chi connectivity index (χ1n) is 10.2. The molecule has 4 rings (SSSR count). The number of carbonyl (C=O) groups is 1. The summed E-state index contributed by atoms with van der Waals surface area (Å²) in [4.78, 5) is 24.5. The molecule has 1 aromatic carbocycles. The highest BCUT2D eigenvalue weighted by Crippen LogP contribution is 2.29. The first kappa shape index (κ1) is 21.1. The van der Waals surface area contributed by atoms with Crippen molar-refractivity contribution in [1.82, 2.24) is 24.8 Å². The Morgan fingerprint density at radius 1 is 1.23 bits per heavy atom. The van der Waals surface area contributed by atoms with Gasteiger partial charge < -0.3 is 15.6 Å². The summed E-state index contributed by atoms with van der Waals surface area (Å²) >= 11 is 2.30. The third-order valence-corrected chi connectivity index (χ3v) is 6.46. The van der Waals surface area contributed by atoms with Gasteiger partial charge in [0.05, 0.1) is 0 Å². The second kappa shape index (κ2) is 8.93. The number of nitrogens with zero attached hydrogens (tertiary/aromatic N) is 4. The number of carbonyl (C=O) groups excluding carboxylic acids is 1. The number of rotatable bonds is 8. The normalized spacial score (nSPS) is 13.4. The molecule has 7 nitrogen and oxygen atoms in total. The molecule has 0 saturated carbocycles. The molecule has 0 atom stereocenters. The molecule has 30 heavy (non-hydrogen) atoms. The number of fused-ring (bicyclic) bond motifs is 2. The predicted octanol–water partition coefficient (Wildman–Crippen LogP) is 3.26. The van der Waals surface area contributed by atoms with Crippen LogP contribution in [-0.2, 0) is 19.4 Å². The average Bonchev–Trinajstić information content (AvgIpc) is 3.23. The molecule has 3 aromatic rings. The fourth-order valence-corrected chi connectivity index (χ4v) is 4.64. The number of aryl methyl sites for hydroxylation is 2. The van der Waals surface area contributed by atoms with Gasteiger partial charge >= 0.3 is 6.08 Å². The van der Waals surface area contributed by atoms with Crippen LogP contribution in [-0.4, -0.2) is 38.4 Å². The second-order valence-corrected chi connectivity index (χ2v) is 8.65. The van der Waals surface area contributed by atoms with E-state index in [9.17, 15) is 9.18 Å². The highest BCUT2D eigenvalue weighted by atomic mass is 127. The Balaban J connectivity index is 1.69. The smallest absolute Gasteiger partial charge is 0.312 e. The van der Waals surface area contributed by atoms with Crippen LogP contribution in [0.3, 0.4) is 0 Å². The Morgan fingerprint density at radius 2 is 2.07 bits per heavy atom. The number of hydrogen-bond donors (Lipinski definition) is 2. The molecule has 1 aliphatic rings. The number of nitrogen functional groups attached to an aromatic ring is 1. The number of aromatic nitrogens is 4. The lowest BCUT2D eigenvalue weighted by molar-refractivity contribution is 0.0994. The van der Waals surface area contributed by atoms with Gasteiger partial charge in [0.2, 0.25) is 0 Å². The topological polar surface area (TPSA) is 98.7 Å². The van der Waals surface area contributed by atoms with E-state index in [0.29, 0.717) is 30.6 Å². The molecule has 0 radical (unpaired) electrons. The maximum Gasteiger partial charge on any atom is 0.312 e. The second-order valence-electron chi connectivity index (χ2n) is 7.49. The summed E-state index contributed by atoms with van der Waals surface area (Å²) in [6, 6.07) is 4.07. The molecule has 0 unspecified atom stereocenters. The first-order chi connectivity index (χ1) is 14.5. The first-order valence-corrected chi connectivity index (χ1v) is 11.3. The number of hydrogen-bond acceptors (Lipinski definition) is 6. The molecular formula is C21H24FIN6O. The van der Waals surface area contributed by atoms with Gasteiger partial charge in [0.15, 0.2) is 22.8 Å². The third kappa shape index (κ3) is 4.18. The van der Waals surface area contributed by atoms with Crippen molar-refractivity contribution in [1.29, 1.82) is 0 Å². The summed E-state index contributed by atoms with van der Waals surface area (Å²) in [5.41, 5.74) is 9.72. The van der Waals surface area contributed by atoms with E-state index in [1.807, 2.05) is 10.6 Å². The Kier molecular flexibility index (Phi) is 6.28. The van der Waals surface area contributed by atoms with Crippen LogP contribution in [0.25, 0.3) is 11.2 Å². The molecule has 2 heterocycles. The number of benzene rings is 1. The Hall–Kier alpha value is -2.14. The zero-order valence-electron chi connectivity index (χ0n) is 16.8. The van der Waals surface area contributed by atoms with Crippen LogP contribution in [0.4, 0.5) is 10.2 Å². The molecule has 2 aromatic heterocycles. The van der Waals surface area contributed by atoms with Gasteiger partial charge in [-0.15, -0.1) is 0 Å². The van der Waals surface area contributed by atoms with Crippen molar-refractivity contribution < 1.29 is 9.18 Å². The van der Waals surface area contributed by atoms with Crippen LogP contribution in [0.5, 0.6) is 0 Å². The van der Waals surface area contributed by atoms with E-state index in [0.717, 1.165) is 58.4 Å². The number of halogens is 2. The van der Waals surface area contributed by atoms with Crippen molar-refractivity contribution in [3.05, 3.63) is 44.3 Å². The van der Waals surface area contributed by atoms with Crippen LogP contribution in [0.15, 0.2) is 12.1 Å². The molecule has 0 fully saturated rings. The van der Waals surface area contributed by atoms with Gasteiger partial charge in [0.25, 0.3) is 0 Å². The van der Waals surface area contributed by atoms with Gasteiger partial charge in [-0.2, -0.15) is 14.4 Å². The largest absolute Gasteiger partial charge is 0.382 e. The molecule has 158 valence electrons. The molecule has 0 spiro atoms. The molecule has 9 heteroatoms. The molecule has 0 bridgehead atoms. The van der Waals surface area contributed by atoms with Gasteiger partial charge in [-0.25, -0.2) is 4.98 Å². The minimum atomic E-state index is -0.849. The zero-order chi connectivity index (χ0) is 21.3. The van der Waals surface area contributed by atoms with Gasteiger partial charge in [0.1, 0.15) is 5.82 Å². The third-order valence-electron chi connectivity index (χ3n) is 5.45. The number of ketones is 1. The van der Waals surface area contributed by atoms with Crippen molar-refractivity contribution in [2.24, 2.45) is 0 Å². The maximum absolute atomic E-state index is 13.9. The molecule has 1 aliphatic carbocycles. The Labute approximate surface area is 187 Å². The van der Waals surface area contributed by atoms with E-state index in [1.165, 1.54) is 0 Å². The van der Waals surface area contributed by atoms with Crippen LogP contribution < -0.4 is 11.1 Å².